The van der Waals surface area contributed by atoms with E-state index in [0.717, 1.165) is 12.8 Å². The van der Waals surface area contributed by atoms with Gasteiger partial charge in [-0.05, 0) is 25.2 Å². The van der Waals surface area contributed by atoms with Crippen LogP contribution >= 0.6 is 0 Å². The first-order valence-corrected chi connectivity index (χ1v) is 6.91. The summed E-state index contributed by atoms with van der Waals surface area (Å²) >= 11 is 0. The lowest BCUT2D eigenvalue weighted by Gasteiger charge is -2.38. The molecule has 1 heterocycles. The second-order valence-corrected chi connectivity index (χ2v) is 6.58. The van der Waals surface area contributed by atoms with Crippen molar-refractivity contribution in [3.63, 3.8) is 0 Å². The van der Waals surface area contributed by atoms with Gasteiger partial charge >= 0.3 is 0 Å². The van der Waals surface area contributed by atoms with Crippen molar-refractivity contribution in [1.82, 2.24) is 14.9 Å². The Kier molecular flexibility index (Phi) is 2.79. The van der Waals surface area contributed by atoms with Gasteiger partial charge in [0.15, 0.2) is 0 Å². The van der Waals surface area contributed by atoms with Gasteiger partial charge in [-0.15, -0.1) is 0 Å². The summed E-state index contributed by atoms with van der Waals surface area (Å²) in [7, 11) is -3.40. The molecule has 1 saturated carbocycles. The van der Waals surface area contributed by atoms with Crippen molar-refractivity contribution in [2.75, 3.05) is 6.54 Å². The van der Waals surface area contributed by atoms with Crippen LogP contribution in [0.3, 0.4) is 0 Å². The molecule has 5 nitrogen and oxygen atoms in total. The number of nitrogens with zero attached hydrogens (tertiary/aromatic N) is 1. The van der Waals surface area contributed by atoms with E-state index in [0.29, 0.717) is 12.2 Å². The van der Waals surface area contributed by atoms with E-state index in [1.807, 2.05) is 0 Å². The Morgan fingerprint density at radius 1 is 1.56 bits per heavy atom. The summed E-state index contributed by atoms with van der Waals surface area (Å²) in [5.41, 5.74) is 0.719. The van der Waals surface area contributed by atoms with Gasteiger partial charge in [0.2, 0.25) is 10.0 Å². The molecule has 6 heteroatoms. The molecule has 0 saturated heterocycles. The van der Waals surface area contributed by atoms with Crippen LogP contribution in [0.4, 0.5) is 0 Å². The highest BCUT2D eigenvalue weighted by atomic mass is 32.2. The van der Waals surface area contributed by atoms with Gasteiger partial charge < -0.3 is 0 Å². The second kappa shape index (κ2) is 3.85. The van der Waals surface area contributed by atoms with Gasteiger partial charge in [0.1, 0.15) is 4.90 Å². The predicted octanol–water partition coefficient (Wildman–Crippen LogP) is 1.19. The Morgan fingerprint density at radius 2 is 2.25 bits per heavy atom. The Balaban J connectivity index is 2.06. The monoisotopic (exact) mass is 243 g/mol. The molecule has 0 unspecified atom stereocenters. The fraction of sp³-hybridized carbons (Fsp3) is 0.700. The Hall–Kier alpha value is -0.880. The first-order chi connectivity index (χ1) is 7.43. The summed E-state index contributed by atoms with van der Waals surface area (Å²) in [4.78, 5) is 0.246. The minimum atomic E-state index is -3.40. The van der Waals surface area contributed by atoms with Crippen molar-refractivity contribution in [3.05, 3.63) is 11.9 Å². The van der Waals surface area contributed by atoms with Crippen LogP contribution in [0, 0.1) is 12.3 Å². The van der Waals surface area contributed by atoms with Gasteiger partial charge in [-0.25, -0.2) is 13.1 Å². The Morgan fingerprint density at radius 3 is 2.69 bits per heavy atom. The van der Waals surface area contributed by atoms with Crippen LogP contribution in [0.1, 0.15) is 31.9 Å². The van der Waals surface area contributed by atoms with Crippen LogP contribution in [0.25, 0.3) is 0 Å². The number of rotatable bonds is 4. The third-order valence-electron chi connectivity index (χ3n) is 3.32. The molecule has 1 aliphatic carbocycles. The number of hydrogen-bond donors (Lipinski definition) is 2. The molecule has 0 bridgehead atoms. The smallest absolute Gasteiger partial charge is 0.243 e. The van der Waals surface area contributed by atoms with Gasteiger partial charge in [-0.1, -0.05) is 13.3 Å². The van der Waals surface area contributed by atoms with E-state index in [-0.39, 0.29) is 10.3 Å². The molecule has 0 aromatic carbocycles. The van der Waals surface area contributed by atoms with Crippen molar-refractivity contribution in [3.8, 4) is 0 Å². The quantitative estimate of drug-likeness (QED) is 0.834. The number of sulfonamides is 1. The normalized spacial score (nSPS) is 19.4. The average molecular weight is 243 g/mol. The SMILES string of the molecule is Cc1[nH]ncc1S(=O)(=O)NCC1(C)CCC1. The lowest BCUT2D eigenvalue weighted by Crippen LogP contribution is -2.39. The highest BCUT2D eigenvalue weighted by Gasteiger charge is 2.33. The highest BCUT2D eigenvalue weighted by molar-refractivity contribution is 7.89. The number of hydrogen-bond acceptors (Lipinski definition) is 3. The maximum absolute atomic E-state index is 11.9. The largest absolute Gasteiger partial charge is 0.281 e. The summed E-state index contributed by atoms with van der Waals surface area (Å²) < 4.78 is 26.5. The zero-order valence-electron chi connectivity index (χ0n) is 9.58. The van der Waals surface area contributed by atoms with Crippen LogP contribution in [-0.2, 0) is 10.0 Å². The highest BCUT2D eigenvalue weighted by Crippen LogP contribution is 2.39. The molecule has 1 aromatic rings. The van der Waals surface area contributed by atoms with Crippen molar-refractivity contribution in [2.24, 2.45) is 5.41 Å². The molecule has 1 aliphatic rings. The standard InChI is InChI=1S/C10H17N3O2S/c1-8-9(6-11-13-8)16(14,15)12-7-10(2)4-3-5-10/h6,12H,3-5,7H2,1-2H3,(H,11,13). The number of aryl methyl sites for hydroxylation is 1. The van der Waals surface area contributed by atoms with E-state index >= 15 is 0 Å². The zero-order valence-corrected chi connectivity index (χ0v) is 10.4. The van der Waals surface area contributed by atoms with Crippen molar-refractivity contribution in [1.29, 1.82) is 0 Å². The first-order valence-electron chi connectivity index (χ1n) is 5.43. The zero-order chi connectivity index (χ0) is 11.8. The minimum absolute atomic E-state index is 0.144. The second-order valence-electron chi connectivity index (χ2n) is 4.85. The van der Waals surface area contributed by atoms with E-state index < -0.39 is 10.0 Å². The molecule has 0 atom stereocenters. The lowest BCUT2D eigenvalue weighted by molar-refractivity contribution is 0.166. The molecule has 0 radical (unpaired) electrons. The Bertz CT molecular complexity index is 474. The maximum Gasteiger partial charge on any atom is 0.243 e. The molecule has 0 amide bonds. The van der Waals surface area contributed by atoms with E-state index in [1.165, 1.54) is 12.6 Å². The summed E-state index contributed by atoms with van der Waals surface area (Å²) in [5.74, 6) is 0. The maximum atomic E-state index is 11.9. The first kappa shape index (κ1) is 11.6. The predicted molar refractivity (Wildman–Crippen MR) is 60.5 cm³/mol. The van der Waals surface area contributed by atoms with Crippen molar-refractivity contribution in [2.45, 2.75) is 38.0 Å². The topological polar surface area (TPSA) is 74.8 Å². The van der Waals surface area contributed by atoms with Crippen LogP contribution < -0.4 is 4.72 Å². The van der Waals surface area contributed by atoms with Crippen LogP contribution in [-0.4, -0.2) is 25.2 Å². The van der Waals surface area contributed by atoms with Crippen LogP contribution in [0.5, 0.6) is 0 Å². The van der Waals surface area contributed by atoms with Gasteiger partial charge in [0.05, 0.1) is 11.9 Å². The fourth-order valence-electron chi connectivity index (χ4n) is 1.91. The van der Waals surface area contributed by atoms with Crippen molar-refractivity contribution >= 4 is 10.0 Å². The Labute approximate surface area is 95.7 Å². The van der Waals surface area contributed by atoms with E-state index in [4.69, 9.17) is 0 Å². The summed E-state index contributed by atoms with van der Waals surface area (Å²) in [6.07, 6.45) is 4.74. The molecule has 2 rings (SSSR count). The van der Waals surface area contributed by atoms with Crippen LogP contribution in [0.2, 0.25) is 0 Å². The molecule has 1 aromatic heterocycles. The lowest BCUT2D eigenvalue weighted by atomic mass is 9.71. The molecule has 0 aliphatic heterocycles. The molecular weight excluding hydrogens is 226 g/mol. The van der Waals surface area contributed by atoms with Gasteiger partial charge in [0.25, 0.3) is 0 Å². The summed E-state index contributed by atoms with van der Waals surface area (Å²) in [6, 6.07) is 0. The number of H-pyrrole nitrogens is 1. The molecule has 0 spiro atoms. The molecule has 2 N–H and O–H groups in total. The van der Waals surface area contributed by atoms with E-state index in [2.05, 4.69) is 21.8 Å². The molecule has 16 heavy (non-hydrogen) atoms. The van der Waals surface area contributed by atoms with E-state index in [9.17, 15) is 8.42 Å². The molecule has 1 fully saturated rings. The van der Waals surface area contributed by atoms with Gasteiger partial charge in [-0.2, -0.15) is 5.10 Å². The fourth-order valence-corrected chi connectivity index (χ4v) is 3.25. The molecule has 90 valence electrons. The number of aromatic nitrogens is 2. The van der Waals surface area contributed by atoms with Gasteiger partial charge in [-0.3, -0.25) is 5.10 Å². The number of nitrogens with one attached hydrogen (secondary N) is 2. The minimum Gasteiger partial charge on any atom is -0.281 e. The van der Waals surface area contributed by atoms with E-state index in [1.54, 1.807) is 6.92 Å². The average Bonchev–Trinajstić information content (AvgIpc) is 2.59. The molecular formula is C10H17N3O2S. The van der Waals surface area contributed by atoms with Crippen molar-refractivity contribution < 1.29 is 8.42 Å². The summed E-state index contributed by atoms with van der Waals surface area (Å²) in [6.45, 7) is 4.33. The summed E-state index contributed by atoms with van der Waals surface area (Å²) in [5, 5.41) is 6.35. The van der Waals surface area contributed by atoms with Gasteiger partial charge in [0, 0.05) is 6.54 Å². The number of aromatic amines is 1. The third-order valence-corrected chi connectivity index (χ3v) is 4.84. The van der Waals surface area contributed by atoms with Crippen LogP contribution in [0.15, 0.2) is 11.1 Å². The third kappa shape index (κ3) is 2.12.